The van der Waals surface area contributed by atoms with Crippen molar-refractivity contribution in [1.29, 1.82) is 0 Å². The summed E-state index contributed by atoms with van der Waals surface area (Å²) >= 11 is 0. The van der Waals surface area contributed by atoms with Crippen LogP contribution in [-0.2, 0) is 17.5 Å². The first-order valence-electron chi connectivity index (χ1n) is 5.57. The van der Waals surface area contributed by atoms with Crippen LogP contribution in [0.4, 0.5) is 0 Å². The average Bonchev–Trinajstić information content (AvgIpc) is 2.57. The van der Waals surface area contributed by atoms with Gasteiger partial charge in [-0.05, 0) is 18.1 Å². The Morgan fingerprint density at radius 2 is 2.13 bits per heavy atom. The Balaban J connectivity index is 2.01. The first-order valence-corrected chi connectivity index (χ1v) is 6.68. The summed E-state index contributed by atoms with van der Waals surface area (Å²) in [5, 5.41) is 0. The van der Waals surface area contributed by atoms with Gasteiger partial charge >= 0.3 is 0 Å². The predicted octanol–water partition coefficient (Wildman–Crippen LogP) is 2.72. The van der Waals surface area contributed by atoms with Crippen LogP contribution in [0.25, 0.3) is 0 Å². The van der Waals surface area contributed by atoms with Crippen LogP contribution in [0.1, 0.15) is 31.7 Å². The molecule has 2 nitrogen and oxygen atoms in total. The molecule has 1 aromatic rings. The topological polar surface area (TPSA) is 20.3 Å². The maximum Gasteiger partial charge on any atom is 0.128 e. The van der Waals surface area contributed by atoms with Gasteiger partial charge in [0.1, 0.15) is 11.0 Å². The second-order valence-corrected chi connectivity index (χ2v) is 5.38. The van der Waals surface area contributed by atoms with Gasteiger partial charge in [-0.25, -0.2) is 8.51 Å². The third-order valence-electron chi connectivity index (χ3n) is 2.75. The molecule has 0 aliphatic carbocycles. The number of unbranched alkanes of at least 4 members (excludes halogenated alkanes) is 2. The quantitative estimate of drug-likeness (QED) is 0.719. The van der Waals surface area contributed by atoms with Gasteiger partial charge in [0.2, 0.25) is 0 Å². The van der Waals surface area contributed by atoms with E-state index in [1.807, 2.05) is 18.2 Å². The summed E-state index contributed by atoms with van der Waals surface area (Å²) < 4.78 is 14.1. The van der Waals surface area contributed by atoms with Crippen molar-refractivity contribution in [3.63, 3.8) is 0 Å². The van der Waals surface area contributed by atoms with Gasteiger partial charge in [0, 0.05) is 13.1 Å². The summed E-state index contributed by atoms with van der Waals surface area (Å²) in [5.41, 5.74) is 1.23. The summed E-state index contributed by atoms with van der Waals surface area (Å²) in [5.74, 6) is 0. The van der Waals surface area contributed by atoms with Crippen LogP contribution in [0.5, 0.6) is 0 Å². The minimum atomic E-state index is -0.906. The summed E-state index contributed by atoms with van der Waals surface area (Å²) in [6.07, 6.45) is 3.59. The van der Waals surface area contributed by atoms with Crippen molar-refractivity contribution in [2.45, 2.75) is 37.6 Å². The fourth-order valence-electron chi connectivity index (χ4n) is 1.89. The van der Waals surface area contributed by atoms with E-state index in [2.05, 4.69) is 17.3 Å². The highest BCUT2D eigenvalue weighted by molar-refractivity contribution is 7.83. The van der Waals surface area contributed by atoms with Gasteiger partial charge in [0.05, 0.1) is 4.90 Å². The molecule has 0 bridgehead atoms. The van der Waals surface area contributed by atoms with Crippen molar-refractivity contribution >= 4 is 11.0 Å². The van der Waals surface area contributed by atoms with E-state index in [4.69, 9.17) is 0 Å². The molecule has 82 valence electrons. The van der Waals surface area contributed by atoms with Crippen LogP contribution in [0.2, 0.25) is 0 Å². The molecule has 0 N–H and O–H groups in total. The average molecular weight is 223 g/mol. The lowest BCUT2D eigenvalue weighted by Crippen LogP contribution is -2.20. The van der Waals surface area contributed by atoms with Crippen molar-refractivity contribution in [2.24, 2.45) is 0 Å². The number of fused-ring (bicyclic) bond motifs is 1. The molecule has 0 radical (unpaired) electrons. The van der Waals surface area contributed by atoms with Gasteiger partial charge in [0.25, 0.3) is 0 Å². The third-order valence-corrected chi connectivity index (χ3v) is 4.31. The zero-order valence-electron chi connectivity index (χ0n) is 9.11. The normalized spacial score (nSPS) is 20.5. The van der Waals surface area contributed by atoms with E-state index in [9.17, 15) is 4.21 Å². The highest BCUT2D eigenvalue weighted by atomic mass is 32.2. The molecule has 0 amide bonds. The van der Waals surface area contributed by atoms with Crippen LogP contribution in [-0.4, -0.2) is 15.1 Å². The van der Waals surface area contributed by atoms with Crippen molar-refractivity contribution in [3.8, 4) is 0 Å². The zero-order valence-corrected chi connectivity index (χ0v) is 9.93. The molecule has 1 heterocycles. The van der Waals surface area contributed by atoms with Crippen LogP contribution < -0.4 is 0 Å². The maximum absolute atomic E-state index is 12.0. The monoisotopic (exact) mass is 223 g/mol. The van der Waals surface area contributed by atoms with E-state index in [-0.39, 0.29) is 0 Å². The smallest absolute Gasteiger partial charge is 0.128 e. The highest BCUT2D eigenvalue weighted by Gasteiger charge is 2.25. The Morgan fingerprint density at radius 3 is 2.87 bits per heavy atom. The molecule has 1 unspecified atom stereocenters. The Labute approximate surface area is 93.9 Å². The van der Waals surface area contributed by atoms with E-state index >= 15 is 0 Å². The van der Waals surface area contributed by atoms with Crippen molar-refractivity contribution in [1.82, 2.24) is 4.31 Å². The Bertz CT molecular complexity index is 364. The third kappa shape index (κ3) is 2.29. The highest BCUT2D eigenvalue weighted by Crippen LogP contribution is 2.26. The standard InChI is InChI=1S/C12H17NOS/c1-2-3-6-9-13-10-11-7-4-5-8-12(11)15(13)14/h4-5,7-8H,2-3,6,9-10H2,1H3. The van der Waals surface area contributed by atoms with E-state index in [0.717, 1.165) is 24.4 Å². The molecule has 0 spiro atoms. The maximum atomic E-state index is 12.0. The van der Waals surface area contributed by atoms with Crippen LogP contribution in [0.15, 0.2) is 29.2 Å². The lowest BCUT2D eigenvalue weighted by molar-refractivity contribution is 0.437. The second-order valence-electron chi connectivity index (χ2n) is 3.93. The molecule has 0 fully saturated rings. The first-order chi connectivity index (χ1) is 7.33. The van der Waals surface area contributed by atoms with E-state index < -0.39 is 11.0 Å². The first kappa shape index (κ1) is 10.8. The van der Waals surface area contributed by atoms with Crippen molar-refractivity contribution in [3.05, 3.63) is 29.8 Å². The summed E-state index contributed by atoms with van der Waals surface area (Å²) in [7, 11) is -0.906. The number of hydrogen-bond acceptors (Lipinski definition) is 1. The molecular formula is C12H17NOS. The van der Waals surface area contributed by atoms with Gasteiger partial charge in [-0.15, -0.1) is 0 Å². The number of nitrogens with zero attached hydrogens (tertiary/aromatic N) is 1. The van der Waals surface area contributed by atoms with Gasteiger partial charge < -0.3 is 0 Å². The largest absolute Gasteiger partial charge is 0.237 e. The van der Waals surface area contributed by atoms with Gasteiger partial charge in [-0.2, -0.15) is 0 Å². The molecule has 1 atom stereocenters. The summed E-state index contributed by atoms with van der Waals surface area (Å²) in [6.45, 7) is 4.00. The molecular weight excluding hydrogens is 206 g/mol. The SMILES string of the molecule is CCCCCN1Cc2ccccc2S1=O. The second kappa shape index (κ2) is 4.90. The Kier molecular flexibility index (Phi) is 3.54. The van der Waals surface area contributed by atoms with Crippen LogP contribution in [0.3, 0.4) is 0 Å². The van der Waals surface area contributed by atoms with Crippen LogP contribution in [0, 0.1) is 0 Å². The minimum absolute atomic E-state index is 0.854. The molecule has 1 aromatic carbocycles. The number of hydrogen-bond donors (Lipinski definition) is 0. The molecule has 0 saturated carbocycles. The van der Waals surface area contributed by atoms with Crippen molar-refractivity contribution < 1.29 is 4.21 Å². The molecule has 15 heavy (non-hydrogen) atoms. The molecule has 1 aliphatic rings. The minimum Gasteiger partial charge on any atom is -0.237 e. The zero-order chi connectivity index (χ0) is 10.7. The summed E-state index contributed by atoms with van der Waals surface area (Å²) in [4.78, 5) is 1.01. The lowest BCUT2D eigenvalue weighted by atomic mass is 10.2. The molecule has 0 aromatic heterocycles. The van der Waals surface area contributed by atoms with E-state index in [1.165, 1.54) is 18.4 Å². The fourth-order valence-corrected chi connectivity index (χ4v) is 3.27. The summed E-state index contributed by atoms with van der Waals surface area (Å²) in [6, 6.07) is 8.04. The predicted molar refractivity (Wildman–Crippen MR) is 62.8 cm³/mol. The van der Waals surface area contributed by atoms with Gasteiger partial charge in [-0.3, -0.25) is 0 Å². The van der Waals surface area contributed by atoms with Gasteiger partial charge in [-0.1, -0.05) is 38.0 Å². The van der Waals surface area contributed by atoms with E-state index in [0.29, 0.717) is 0 Å². The molecule has 0 saturated heterocycles. The Hall–Kier alpha value is -0.670. The lowest BCUT2D eigenvalue weighted by Gasteiger charge is -2.12. The molecule has 1 aliphatic heterocycles. The Morgan fingerprint density at radius 1 is 1.33 bits per heavy atom. The van der Waals surface area contributed by atoms with Crippen molar-refractivity contribution in [2.75, 3.05) is 6.54 Å². The molecule has 3 heteroatoms. The molecule has 2 rings (SSSR count). The van der Waals surface area contributed by atoms with Gasteiger partial charge in [0.15, 0.2) is 0 Å². The number of benzene rings is 1. The van der Waals surface area contributed by atoms with E-state index in [1.54, 1.807) is 0 Å². The van der Waals surface area contributed by atoms with Crippen LogP contribution >= 0.6 is 0 Å². The number of rotatable bonds is 4. The fraction of sp³-hybridized carbons (Fsp3) is 0.500.